The lowest BCUT2D eigenvalue weighted by atomic mass is 9.98. The summed E-state index contributed by atoms with van der Waals surface area (Å²) in [5.74, 6) is 1.04. The van der Waals surface area contributed by atoms with E-state index in [1.165, 1.54) is 24.0 Å². The third-order valence-corrected chi connectivity index (χ3v) is 3.91. The van der Waals surface area contributed by atoms with Gasteiger partial charge < -0.3 is 10.1 Å². The van der Waals surface area contributed by atoms with Gasteiger partial charge in [0.05, 0.1) is 6.61 Å². The normalized spacial score (nSPS) is 23.2. The minimum atomic E-state index is 0.601. The van der Waals surface area contributed by atoms with Gasteiger partial charge in [-0.1, -0.05) is 11.6 Å². The van der Waals surface area contributed by atoms with Crippen molar-refractivity contribution in [2.24, 2.45) is 0 Å². The number of benzene rings is 1. The number of ether oxygens (including phenoxy) is 1. The van der Waals surface area contributed by atoms with Crippen LogP contribution in [0.3, 0.4) is 0 Å². The summed E-state index contributed by atoms with van der Waals surface area (Å²) < 4.78 is 5.58. The smallest absolute Gasteiger partial charge is 0.123 e. The lowest BCUT2D eigenvalue weighted by molar-refractivity contribution is 0.357. The highest BCUT2D eigenvalue weighted by Gasteiger charge is 2.22. The molecule has 0 radical (unpaired) electrons. The van der Waals surface area contributed by atoms with Gasteiger partial charge in [0.2, 0.25) is 0 Å². The Morgan fingerprint density at radius 2 is 2.38 bits per heavy atom. The summed E-state index contributed by atoms with van der Waals surface area (Å²) in [7, 11) is 0. The van der Waals surface area contributed by atoms with Crippen molar-refractivity contribution in [1.29, 1.82) is 0 Å². The van der Waals surface area contributed by atoms with Crippen molar-refractivity contribution in [1.82, 2.24) is 5.32 Å². The van der Waals surface area contributed by atoms with E-state index in [2.05, 4.69) is 5.32 Å². The van der Waals surface area contributed by atoms with Gasteiger partial charge in [-0.05, 0) is 43.5 Å². The molecule has 2 aliphatic rings. The van der Waals surface area contributed by atoms with Crippen LogP contribution in [0.1, 0.15) is 24.0 Å². The van der Waals surface area contributed by atoms with Gasteiger partial charge in [-0.25, -0.2) is 0 Å². The van der Waals surface area contributed by atoms with E-state index in [0.29, 0.717) is 6.04 Å². The van der Waals surface area contributed by atoms with Crippen molar-refractivity contribution in [2.75, 3.05) is 13.2 Å². The van der Waals surface area contributed by atoms with Gasteiger partial charge in [-0.2, -0.15) is 0 Å². The summed E-state index contributed by atoms with van der Waals surface area (Å²) in [5, 5.41) is 4.42. The molecule has 3 heteroatoms. The van der Waals surface area contributed by atoms with Gasteiger partial charge >= 0.3 is 0 Å². The Morgan fingerprint density at radius 1 is 1.44 bits per heavy atom. The van der Waals surface area contributed by atoms with E-state index in [0.717, 1.165) is 36.8 Å². The van der Waals surface area contributed by atoms with E-state index < -0.39 is 0 Å². The first kappa shape index (κ1) is 10.4. The van der Waals surface area contributed by atoms with Gasteiger partial charge in [-0.3, -0.25) is 0 Å². The van der Waals surface area contributed by atoms with Crippen molar-refractivity contribution >= 4 is 11.6 Å². The molecule has 3 rings (SSSR count). The zero-order chi connectivity index (χ0) is 11.0. The van der Waals surface area contributed by atoms with E-state index in [9.17, 15) is 0 Å². The Morgan fingerprint density at radius 3 is 3.19 bits per heavy atom. The summed E-state index contributed by atoms with van der Waals surface area (Å²) in [5.41, 5.74) is 2.64. The minimum Gasteiger partial charge on any atom is -0.493 e. The van der Waals surface area contributed by atoms with Crippen LogP contribution in [0.25, 0.3) is 0 Å². The maximum atomic E-state index is 6.30. The number of hydrogen-bond acceptors (Lipinski definition) is 2. The number of nitrogens with one attached hydrogen (secondary N) is 1. The summed E-state index contributed by atoms with van der Waals surface area (Å²) in [6.45, 7) is 1.95. The Balaban J connectivity index is 1.90. The van der Waals surface area contributed by atoms with Gasteiger partial charge in [-0.15, -0.1) is 0 Å². The van der Waals surface area contributed by atoms with Gasteiger partial charge in [0.15, 0.2) is 0 Å². The topological polar surface area (TPSA) is 21.3 Å². The SMILES string of the molecule is Clc1ccc2c(c1CC1CCCN1)CCO2. The monoisotopic (exact) mass is 237 g/mol. The van der Waals surface area contributed by atoms with Crippen molar-refractivity contribution in [2.45, 2.75) is 31.7 Å². The van der Waals surface area contributed by atoms with Crippen LogP contribution in [0, 0.1) is 0 Å². The number of fused-ring (bicyclic) bond motifs is 1. The molecule has 16 heavy (non-hydrogen) atoms. The molecule has 86 valence electrons. The highest BCUT2D eigenvalue weighted by atomic mass is 35.5. The Hall–Kier alpha value is -0.730. The molecule has 2 heterocycles. The fraction of sp³-hybridized carbons (Fsp3) is 0.538. The van der Waals surface area contributed by atoms with E-state index in [4.69, 9.17) is 16.3 Å². The first-order chi connectivity index (χ1) is 7.84. The van der Waals surface area contributed by atoms with Crippen molar-refractivity contribution in [3.05, 3.63) is 28.3 Å². The van der Waals surface area contributed by atoms with Crippen molar-refractivity contribution in [3.8, 4) is 5.75 Å². The minimum absolute atomic E-state index is 0.601. The zero-order valence-electron chi connectivity index (χ0n) is 9.26. The van der Waals surface area contributed by atoms with Gasteiger partial charge in [0.25, 0.3) is 0 Å². The van der Waals surface area contributed by atoms with Gasteiger partial charge in [0.1, 0.15) is 5.75 Å². The number of halogens is 1. The molecule has 0 amide bonds. The van der Waals surface area contributed by atoms with Crippen LogP contribution >= 0.6 is 11.6 Å². The molecule has 1 aromatic carbocycles. The molecular weight excluding hydrogens is 222 g/mol. The van der Waals surface area contributed by atoms with E-state index in [-0.39, 0.29) is 0 Å². The molecule has 1 saturated heterocycles. The van der Waals surface area contributed by atoms with E-state index >= 15 is 0 Å². The molecule has 0 aliphatic carbocycles. The average molecular weight is 238 g/mol. The molecule has 1 aromatic rings. The fourth-order valence-electron chi connectivity index (χ4n) is 2.71. The van der Waals surface area contributed by atoms with Gasteiger partial charge in [0, 0.05) is 23.0 Å². The lowest BCUT2D eigenvalue weighted by Crippen LogP contribution is -2.24. The van der Waals surface area contributed by atoms with E-state index in [1.54, 1.807) is 0 Å². The predicted molar refractivity (Wildman–Crippen MR) is 65.4 cm³/mol. The van der Waals surface area contributed by atoms with Crippen LogP contribution in [-0.4, -0.2) is 19.2 Å². The summed E-state index contributed by atoms with van der Waals surface area (Å²) in [6.07, 6.45) is 4.61. The number of rotatable bonds is 2. The van der Waals surface area contributed by atoms with Crippen molar-refractivity contribution in [3.63, 3.8) is 0 Å². The molecule has 0 spiro atoms. The molecular formula is C13H16ClNO. The van der Waals surface area contributed by atoms with Crippen LogP contribution in [0.4, 0.5) is 0 Å². The summed E-state index contributed by atoms with van der Waals surface area (Å²) >= 11 is 6.30. The highest BCUT2D eigenvalue weighted by Crippen LogP contribution is 2.34. The quantitative estimate of drug-likeness (QED) is 0.854. The summed E-state index contributed by atoms with van der Waals surface area (Å²) in [6, 6.07) is 4.57. The zero-order valence-corrected chi connectivity index (χ0v) is 10.0. The molecule has 0 aromatic heterocycles. The molecule has 2 nitrogen and oxygen atoms in total. The third kappa shape index (κ3) is 1.80. The van der Waals surface area contributed by atoms with Crippen LogP contribution in [0.15, 0.2) is 12.1 Å². The second-order valence-corrected chi connectivity index (χ2v) is 5.01. The van der Waals surface area contributed by atoms with Crippen LogP contribution in [-0.2, 0) is 12.8 Å². The largest absolute Gasteiger partial charge is 0.493 e. The Kier molecular flexibility index (Phi) is 2.78. The third-order valence-electron chi connectivity index (χ3n) is 3.55. The number of hydrogen-bond donors (Lipinski definition) is 1. The molecule has 0 saturated carbocycles. The maximum Gasteiger partial charge on any atom is 0.123 e. The standard InChI is InChI=1S/C13H16ClNO/c14-12-3-4-13-10(5-7-16-13)11(12)8-9-2-1-6-15-9/h3-4,9,15H,1-2,5-8H2. The lowest BCUT2D eigenvalue weighted by Gasteiger charge is -2.14. The molecule has 0 bridgehead atoms. The highest BCUT2D eigenvalue weighted by molar-refractivity contribution is 6.31. The van der Waals surface area contributed by atoms with Crippen molar-refractivity contribution < 1.29 is 4.74 Å². The fourth-order valence-corrected chi connectivity index (χ4v) is 2.97. The Labute approximate surface area is 101 Å². The van der Waals surface area contributed by atoms with Crippen LogP contribution in [0.2, 0.25) is 5.02 Å². The molecule has 2 aliphatic heterocycles. The van der Waals surface area contributed by atoms with Crippen LogP contribution < -0.4 is 10.1 Å². The van der Waals surface area contributed by atoms with Crippen LogP contribution in [0.5, 0.6) is 5.75 Å². The second kappa shape index (κ2) is 4.27. The molecule has 1 fully saturated rings. The average Bonchev–Trinajstić information content (AvgIpc) is 2.92. The predicted octanol–water partition coefficient (Wildman–Crippen LogP) is 2.57. The molecule has 1 unspecified atom stereocenters. The summed E-state index contributed by atoms with van der Waals surface area (Å²) in [4.78, 5) is 0. The molecule has 1 N–H and O–H groups in total. The first-order valence-corrected chi connectivity index (χ1v) is 6.39. The maximum absolute atomic E-state index is 6.30. The first-order valence-electron chi connectivity index (χ1n) is 6.01. The Bertz CT molecular complexity index is 399. The van der Waals surface area contributed by atoms with E-state index in [1.807, 2.05) is 12.1 Å². The molecule has 1 atom stereocenters. The second-order valence-electron chi connectivity index (χ2n) is 4.60.